The maximum absolute atomic E-state index is 5.98. The minimum Gasteiger partial charge on any atom is -0.329 e. The van der Waals surface area contributed by atoms with Crippen molar-refractivity contribution in [3.05, 3.63) is 34.3 Å². The normalized spacial score (nSPS) is 13.1. The van der Waals surface area contributed by atoms with Crippen molar-refractivity contribution >= 4 is 11.6 Å². The van der Waals surface area contributed by atoms with Crippen molar-refractivity contribution in [1.82, 2.24) is 5.32 Å². The molecule has 90 valence electrons. The molecule has 0 fully saturated rings. The fourth-order valence-corrected chi connectivity index (χ4v) is 1.86. The van der Waals surface area contributed by atoms with Gasteiger partial charge in [0.25, 0.3) is 0 Å². The van der Waals surface area contributed by atoms with Crippen molar-refractivity contribution in [1.29, 1.82) is 0 Å². The van der Waals surface area contributed by atoms with E-state index in [2.05, 4.69) is 26.1 Å². The molecule has 0 bridgehead atoms. The molecule has 0 aliphatic heterocycles. The molecule has 3 N–H and O–H groups in total. The van der Waals surface area contributed by atoms with E-state index in [1.807, 2.05) is 18.2 Å². The van der Waals surface area contributed by atoms with Crippen LogP contribution in [-0.4, -0.2) is 12.6 Å². The Morgan fingerprint density at radius 2 is 2.06 bits per heavy atom. The number of hydrogen-bond acceptors (Lipinski definition) is 2. The van der Waals surface area contributed by atoms with Crippen molar-refractivity contribution in [3.63, 3.8) is 0 Å². The molecule has 1 unspecified atom stereocenters. The molecule has 1 aromatic rings. The van der Waals surface area contributed by atoms with E-state index in [-0.39, 0.29) is 0 Å². The third-order valence-electron chi connectivity index (χ3n) is 2.92. The van der Waals surface area contributed by atoms with E-state index in [9.17, 15) is 0 Å². The number of halogens is 1. The van der Waals surface area contributed by atoms with Gasteiger partial charge in [-0.3, -0.25) is 0 Å². The third-order valence-corrected chi connectivity index (χ3v) is 3.16. The lowest BCUT2D eigenvalue weighted by atomic mass is 10.0. The smallest absolute Gasteiger partial charge is 0.0409 e. The third kappa shape index (κ3) is 3.78. The van der Waals surface area contributed by atoms with Gasteiger partial charge in [0.1, 0.15) is 0 Å². The number of nitrogens with one attached hydrogen (secondary N) is 1. The first kappa shape index (κ1) is 13.5. The van der Waals surface area contributed by atoms with E-state index >= 15 is 0 Å². The van der Waals surface area contributed by atoms with Gasteiger partial charge in [0, 0.05) is 24.2 Å². The average molecular weight is 241 g/mol. The van der Waals surface area contributed by atoms with Crippen molar-refractivity contribution in [2.24, 2.45) is 11.7 Å². The van der Waals surface area contributed by atoms with E-state index in [0.717, 1.165) is 11.6 Å². The topological polar surface area (TPSA) is 38.0 Å². The molecule has 1 rings (SSSR count). The van der Waals surface area contributed by atoms with Gasteiger partial charge in [-0.25, -0.2) is 0 Å². The monoisotopic (exact) mass is 240 g/mol. The van der Waals surface area contributed by atoms with Gasteiger partial charge < -0.3 is 11.1 Å². The predicted octanol–water partition coefficient (Wildman–Crippen LogP) is 2.72. The predicted molar refractivity (Wildman–Crippen MR) is 70.7 cm³/mol. The van der Waals surface area contributed by atoms with Crippen LogP contribution in [0.25, 0.3) is 0 Å². The highest BCUT2D eigenvalue weighted by molar-refractivity contribution is 6.30. The molecule has 1 atom stereocenters. The fraction of sp³-hybridized carbons (Fsp3) is 0.538. The Morgan fingerprint density at radius 1 is 1.38 bits per heavy atom. The molecule has 0 spiro atoms. The van der Waals surface area contributed by atoms with Crippen molar-refractivity contribution in [3.8, 4) is 0 Å². The average Bonchev–Trinajstić information content (AvgIpc) is 2.23. The highest BCUT2D eigenvalue weighted by Gasteiger charge is 2.10. The standard InChI is InChI=1S/C13H21ClN2/c1-9(2)13(7-15)16-8-11-6-12(14)5-4-10(11)3/h4-6,9,13,16H,7-8,15H2,1-3H3. The van der Waals surface area contributed by atoms with Crippen molar-refractivity contribution in [2.75, 3.05) is 6.54 Å². The Balaban J connectivity index is 2.63. The number of benzene rings is 1. The highest BCUT2D eigenvalue weighted by Crippen LogP contribution is 2.15. The molecule has 0 saturated carbocycles. The van der Waals surface area contributed by atoms with Crippen molar-refractivity contribution < 1.29 is 0 Å². The second-order valence-electron chi connectivity index (χ2n) is 4.54. The zero-order valence-corrected chi connectivity index (χ0v) is 11.0. The van der Waals surface area contributed by atoms with Gasteiger partial charge in [0.2, 0.25) is 0 Å². The van der Waals surface area contributed by atoms with Gasteiger partial charge >= 0.3 is 0 Å². The summed E-state index contributed by atoms with van der Waals surface area (Å²) in [6.45, 7) is 7.94. The first-order valence-electron chi connectivity index (χ1n) is 5.73. The molecule has 1 aromatic carbocycles. The quantitative estimate of drug-likeness (QED) is 0.831. The van der Waals surface area contributed by atoms with Gasteiger partial charge in [0.15, 0.2) is 0 Å². The summed E-state index contributed by atoms with van der Waals surface area (Å²) in [5, 5.41) is 4.26. The van der Waals surface area contributed by atoms with Crippen LogP contribution in [0.2, 0.25) is 5.02 Å². The molecule has 0 aliphatic rings. The maximum atomic E-state index is 5.98. The van der Waals surface area contributed by atoms with Gasteiger partial charge in [-0.05, 0) is 36.1 Å². The van der Waals surface area contributed by atoms with E-state index in [4.69, 9.17) is 17.3 Å². The first-order valence-corrected chi connectivity index (χ1v) is 6.11. The second-order valence-corrected chi connectivity index (χ2v) is 4.97. The van der Waals surface area contributed by atoms with E-state index in [0.29, 0.717) is 18.5 Å². The minimum atomic E-state index is 0.360. The van der Waals surface area contributed by atoms with Crippen LogP contribution in [0, 0.1) is 12.8 Å². The number of rotatable bonds is 5. The summed E-state index contributed by atoms with van der Waals surface area (Å²) in [5.41, 5.74) is 8.22. The molecule has 0 radical (unpaired) electrons. The molecule has 0 saturated heterocycles. The van der Waals surface area contributed by atoms with Crippen LogP contribution in [0.3, 0.4) is 0 Å². The summed E-state index contributed by atoms with van der Waals surface area (Å²) < 4.78 is 0. The van der Waals surface area contributed by atoms with Crippen LogP contribution in [0.15, 0.2) is 18.2 Å². The molecule has 16 heavy (non-hydrogen) atoms. The molecular weight excluding hydrogens is 220 g/mol. The lowest BCUT2D eigenvalue weighted by Crippen LogP contribution is -2.39. The minimum absolute atomic E-state index is 0.360. The van der Waals surface area contributed by atoms with Crippen LogP contribution in [0.1, 0.15) is 25.0 Å². The molecule has 2 nitrogen and oxygen atoms in total. The number of nitrogens with two attached hydrogens (primary N) is 1. The largest absolute Gasteiger partial charge is 0.329 e. The van der Waals surface area contributed by atoms with E-state index in [1.54, 1.807) is 0 Å². The van der Waals surface area contributed by atoms with E-state index in [1.165, 1.54) is 11.1 Å². The van der Waals surface area contributed by atoms with Crippen LogP contribution in [-0.2, 0) is 6.54 Å². The summed E-state index contributed by atoms with van der Waals surface area (Å²) in [5.74, 6) is 0.546. The Morgan fingerprint density at radius 3 is 2.62 bits per heavy atom. The van der Waals surface area contributed by atoms with Gasteiger partial charge in [0.05, 0.1) is 0 Å². The first-order chi connectivity index (χ1) is 7.54. The lowest BCUT2D eigenvalue weighted by Gasteiger charge is -2.21. The molecular formula is C13H21ClN2. The van der Waals surface area contributed by atoms with Crippen molar-refractivity contribution in [2.45, 2.75) is 33.4 Å². The summed E-state index contributed by atoms with van der Waals surface area (Å²) >= 11 is 5.98. The van der Waals surface area contributed by atoms with Crippen LogP contribution < -0.4 is 11.1 Å². The molecule has 0 aliphatic carbocycles. The highest BCUT2D eigenvalue weighted by atomic mass is 35.5. The zero-order valence-electron chi connectivity index (χ0n) is 10.3. The summed E-state index contributed by atoms with van der Waals surface area (Å²) in [6, 6.07) is 6.34. The second kappa shape index (κ2) is 6.24. The Bertz CT molecular complexity index is 337. The molecule has 0 heterocycles. The molecule has 3 heteroatoms. The summed E-state index contributed by atoms with van der Waals surface area (Å²) in [4.78, 5) is 0. The summed E-state index contributed by atoms with van der Waals surface area (Å²) in [7, 11) is 0. The van der Waals surface area contributed by atoms with Gasteiger partial charge in [-0.1, -0.05) is 31.5 Å². The maximum Gasteiger partial charge on any atom is 0.0409 e. The SMILES string of the molecule is Cc1ccc(Cl)cc1CNC(CN)C(C)C. The Kier molecular flexibility index (Phi) is 5.26. The van der Waals surface area contributed by atoms with Crippen LogP contribution in [0.4, 0.5) is 0 Å². The van der Waals surface area contributed by atoms with Crippen LogP contribution in [0.5, 0.6) is 0 Å². The van der Waals surface area contributed by atoms with E-state index < -0.39 is 0 Å². The molecule has 0 aromatic heterocycles. The molecule has 0 amide bonds. The lowest BCUT2D eigenvalue weighted by molar-refractivity contribution is 0.404. The van der Waals surface area contributed by atoms with Crippen LogP contribution >= 0.6 is 11.6 Å². The Labute approximate surface area is 103 Å². The fourth-order valence-electron chi connectivity index (χ4n) is 1.66. The summed E-state index contributed by atoms with van der Waals surface area (Å²) in [6.07, 6.45) is 0. The number of aryl methyl sites for hydroxylation is 1. The number of hydrogen-bond donors (Lipinski definition) is 2. The van der Waals surface area contributed by atoms with Gasteiger partial charge in [-0.15, -0.1) is 0 Å². The Hall–Kier alpha value is -0.570. The van der Waals surface area contributed by atoms with Gasteiger partial charge in [-0.2, -0.15) is 0 Å². The zero-order chi connectivity index (χ0) is 12.1.